The van der Waals surface area contributed by atoms with E-state index in [-0.39, 0.29) is 12.4 Å². The predicted molar refractivity (Wildman–Crippen MR) is 44.5 cm³/mol. The SMILES string of the molecule is CCO[C@@H]1CCC[C@H]1N.Cl. The first-order valence-electron chi connectivity index (χ1n) is 3.71. The quantitative estimate of drug-likeness (QED) is 0.670. The zero-order chi connectivity index (χ0) is 6.69. The molecular weight excluding hydrogens is 150 g/mol. The van der Waals surface area contributed by atoms with Crippen molar-refractivity contribution in [3.8, 4) is 0 Å². The molecule has 10 heavy (non-hydrogen) atoms. The van der Waals surface area contributed by atoms with E-state index in [1.807, 2.05) is 6.92 Å². The molecule has 1 aliphatic rings. The maximum atomic E-state index is 5.74. The predicted octanol–water partition coefficient (Wildman–Crippen LogP) is 1.32. The average molecular weight is 166 g/mol. The van der Waals surface area contributed by atoms with Gasteiger partial charge >= 0.3 is 0 Å². The van der Waals surface area contributed by atoms with Crippen molar-refractivity contribution in [3.63, 3.8) is 0 Å². The van der Waals surface area contributed by atoms with Gasteiger partial charge in [0.05, 0.1) is 6.10 Å². The summed E-state index contributed by atoms with van der Waals surface area (Å²) in [4.78, 5) is 0. The number of rotatable bonds is 2. The lowest BCUT2D eigenvalue weighted by Crippen LogP contribution is -2.31. The van der Waals surface area contributed by atoms with Gasteiger partial charge in [0.25, 0.3) is 0 Å². The van der Waals surface area contributed by atoms with Gasteiger partial charge in [-0.1, -0.05) is 0 Å². The lowest BCUT2D eigenvalue weighted by molar-refractivity contribution is 0.0576. The van der Waals surface area contributed by atoms with Gasteiger partial charge < -0.3 is 10.5 Å². The summed E-state index contributed by atoms with van der Waals surface area (Å²) < 4.78 is 5.39. The van der Waals surface area contributed by atoms with E-state index in [1.165, 1.54) is 6.42 Å². The Morgan fingerprint density at radius 1 is 1.50 bits per heavy atom. The molecule has 0 heterocycles. The van der Waals surface area contributed by atoms with E-state index in [0.717, 1.165) is 19.4 Å². The van der Waals surface area contributed by atoms with E-state index in [4.69, 9.17) is 10.5 Å². The molecule has 0 saturated heterocycles. The third-order valence-corrected chi connectivity index (χ3v) is 1.88. The van der Waals surface area contributed by atoms with E-state index < -0.39 is 0 Å². The summed E-state index contributed by atoms with van der Waals surface area (Å²) in [6.45, 7) is 2.82. The van der Waals surface area contributed by atoms with E-state index in [1.54, 1.807) is 0 Å². The summed E-state index contributed by atoms with van der Waals surface area (Å²) in [5.41, 5.74) is 5.74. The molecule has 3 heteroatoms. The largest absolute Gasteiger partial charge is 0.377 e. The van der Waals surface area contributed by atoms with Gasteiger partial charge in [-0.25, -0.2) is 0 Å². The van der Waals surface area contributed by atoms with Crippen LogP contribution in [0.25, 0.3) is 0 Å². The van der Waals surface area contributed by atoms with Gasteiger partial charge in [0, 0.05) is 12.6 Å². The van der Waals surface area contributed by atoms with Crippen LogP contribution >= 0.6 is 12.4 Å². The van der Waals surface area contributed by atoms with Crippen LogP contribution < -0.4 is 5.73 Å². The van der Waals surface area contributed by atoms with Crippen LogP contribution in [0.4, 0.5) is 0 Å². The Labute approximate surface area is 68.5 Å². The van der Waals surface area contributed by atoms with Crippen LogP contribution in [0.5, 0.6) is 0 Å². The minimum Gasteiger partial charge on any atom is -0.377 e. The van der Waals surface area contributed by atoms with E-state index >= 15 is 0 Å². The molecule has 0 aromatic heterocycles. The summed E-state index contributed by atoms with van der Waals surface area (Å²) in [5.74, 6) is 0. The Morgan fingerprint density at radius 2 is 2.20 bits per heavy atom. The van der Waals surface area contributed by atoms with Gasteiger partial charge in [0.1, 0.15) is 0 Å². The van der Waals surface area contributed by atoms with Crippen LogP contribution in [-0.4, -0.2) is 18.8 Å². The van der Waals surface area contributed by atoms with Crippen LogP contribution in [0.1, 0.15) is 26.2 Å². The number of hydrogen-bond donors (Lipinski definition) is 1. The van der Waals surface area contributed by atoms with Gasteiger partial charge in [-0.3, -0.25) is 0 Å². The number of ether oxygens (including phenoxy) is 1. The minimum absolute atomic E-state index is 0. The van der Waals surface area contributed by atoms with E-state index in [9.17, 15) is 0 Å². The molecule has 2 nitrogen and oxygen atoms in total. The average Bonchev–Trinajstić information content (AvgIpc) is 2.18. The molecule has 1 rings (SSSR count). The van der Waals surface area contributed by atoms with Crippen molar-refractivity contribution in [1.82, 2.24) is 0 Å². The molecule has 0 spiro atoms. The topological polar surface area (TPSA) is 35.2 Å². The normalized spacial score (nSPS) is 31.8. The molecule has 1 fully saturated rings. The third kappa shape index (κ3) is 2.45. The highest BCUT2D eigenvalue weighted by Crippen LogP contribution is 2.19. The highest BCUT2D eigenvalue weighted by molar-refractivity contribution is 5.85. The zero-order valence-corrected chi connectivity index (χ0v) is 7.19. The first kappa shape index (κ1) is 10.2. The smallest absolute Gasteiger partial charge is 0.0725 e. The fraction of sp³-hybridized carbons (Fsp3) is 1.00. The molecule has 62 valence electrons. The monoisotopic (exact) mass is 165 g/mol. The van der Waals surface area contributed by atoms with Gasteiger partial charge in [-0.05, 0) is 26.2 Å². The number of halogens is 1. The van der Waals surface area contributed by atoms with Crippen LogP contribution in [0.3, 0.4) is 0 Å². The molecule has 1 aliphatic carbocycles. The van der Waals surface area contributed by atoms with Crippen molar-refractivity contribution in [2.24, 2.45) is 5.73 Å². The molecule has 0 aromatic rings. The van der Waals surface area contributed by atoms with Gasteiger partial charge in [-0.15, -0.1) is 12.4 Å². The van der Waals surface area contributed by atoms with Gasteiger partial charge in [0.15, 0.2) is 0 Å². The van der Waals surface area contributed by atoms with Crippen molar-refractivity contribution in [2.45, 2.75) is 38.3 Å². The lowest BCUT2D eigenvalue weighted by Gasteiger charge is -2.14. The van der Waals surface area contributed by atoms with Crippen molar-refractivity contribution in [2.75, 3.05) is 6.61 Å². The zero-order valence-electron chi connectivity index (χ0n) is 6.38. The Morgan fingerprint density at radius 3 is 2.60 bits per heavy atom. The Bertz CT molecular complexity index is 89.7. The highest BCUT2D eigenvalue weighted by atomic mass is 35.5. The Kier molecular flexibility index (Phi) is 5.04. The van der Waals surface area contributed by atoms with Crippen molar-refractivity contribution >= 4 is 12.4 Å². The number of hydrogen-bond acceptors (Lipinski definition) is 2. The second-order valence-electron chi connectivity index (χ2n) is 2.59. The van der Waals surface area contributed by atoms with Crippen molar-refractivity contribution in [3.05, 3.63) is 0 Å². The molecule has 0 aliphatic heterocycles. The lowest BCUT2D eigenvalue weighted by atomic mass is 10.2. The molecular formula is C7H16ClNO. The fourth-order valence-electron chi connectivity index (χ4n) is 1.38. The highest BCUT2D eigenvalue weighted by Gasteiger charge is 2.23. The molecule has 1 saturated carbocycles. The van der Waals surface area contributed by atoms with Crippen LogP contribution in [0.15, 0.2) is 0 Å². The molecule has 2 N–H and O–H groups in total. The molecule has 0 bridgehead atoms. The summed E-state index contributed by atoms with van der Waals surface area (Å²) in [5, 5.41) is 0. The first-order valence-corrected chi connectivity index (χ1v) is 3.71. The van der Waals surface area contributed by atoms with Crippen LogP contribution in [0, 0.1) is 0 Å². The second kappa shape index (κ2) is 4.94. The van der Waals surface area contributed by atoms with Crippen LogP contribution in [0.2, 0.25) is 0 Å². The van der Waals surface area contributed by atoms with E-state index in [2.05, 4.69) is 0 Å². The van der Waals surface area contributed by atoms with Crippen molar-refractivity contribution < 1.29 is 4.74 Å². The number of nitrogens with two attached hydrogens (primary N) is 1. The maximum Gasteiger partial charge on any atom is 0.0725 e. The van der Waals surface area contributed by atoms with Crippen molar-refractivity contribution in [1.29, 1.82) is 0 Å². The Hall–Kier alpha value is 0.210. The second-order valence-corrected chi connectivity index (χ2v) is 2.59. The van der Waals surface area contributed by atoms with Gasteiger partial charge in [-0.2, -0.15) is 0 Å². The summed E-state index contributed by atoms with van der Waals surface area (Å²) in [7, 11) is 0. The minimum atomic E-state index is 0. The summed E-state index contributed by atoms with van der Waals surface area (Å²) in [6, 6.07) is 0.310. The summed E-state index contributed by atoms with van der Waals surface area (Å²) >= 11 is 0. The standard InChI is InChI=1S/C7H15NO.ClH/c1-2-9-7-5-3-4-6(7)8;/h6-7H,2-5,8H2,1H3;1H/t6-,7-;/m1./s1. The summed E-state index contributed by atoms with van der Waals surface area (Å²) in [6.07, 6.45) is 3.90. The molecule has 0 amide bonds. The fourth-order valence-corrected chi connectivity index (χ4v) is 1.38. The molecule has 0 aromatic carbocycles. The van der Waals surface area contributed by atoms with Gasteiger partial charge in [0.2, 0.25) is 0 Å². The third-order valence-electron chi connectivity index (χ3n) is 1.88. The van der Waals surface area contributed by atoms with Crippen LogP contribution in [-0.2, 0) is 4.74 Å². The molecule has 0 unspecified atom stereocenters. The first-order chi connectivity index (χ1) is 4.34. The maximum absolute atomic E-state index is 5.74. The molecule has 2 atom stereocenters. The van der Waals surface area contributed by atoms with E-state index in [0.29, 0.717) is 12.1 Å². The molecule has 0 radical (unpaired) electrons. The Balaban J connectivity index is 0.000000810.